The van der Waals surface area contributed by atoms with E-state index in [2.05, 4.69) is 15.3 Å². The quantitative estimate of drug-likeness (QED) is 0.836. The highest BCUT2D eigenvalue weighted by Crippen LogP contribution is 2.28. The molecule has 0 saturated carbocycles. The van der Waals surface area contributed by atoms with Crippen molar-refractivity contribution in [1.82, 2.24) is 15.3 Å². The van der Waals surface area contributed by atoms with Crippen molar-refractivity contribution >= 4 is 11.9 Å². The van der Waals surface area contributed by atoms with Gasteiger partial charge in [0.15, 0.2) is 0 Å². The SMILES string of the molecule is C[C@H]1CC(=O)NCCN1c1nccc(C(F)(F)F)n1. The van der Waals surface area contributed by atoms with Gasteiger partial charge < -0.3 is 10.2 Å². The predicted octanol–water partition coefficient (Wildman–Crippen LogP) is 1.21. The topological polar surface area (TPSA) is 58.1 Å². The summed E-state index contributed by atoms with van der Waals surface area (Å²) in [5.74, 6) is -0.124. The van der Waals surface area contributed by atoms with Crippen LogP contribution in [0.3, 0.4) is 0 Å². The second kappa shape index (κ2) is 5.02. The van der Waals surface area contributed by atoms with Gasteiger partial charge in [0.05, 0.1) is 0 Å². The molecule has 1 aliphatic heterocycles. The molecule has 104 valence electrons. The summed E-state index contributed by atoms with van der Waals surface area (Å²) in [5.41, 5.74) is -0.978. The third-order valence-corrected chi connectivity index (χ3v) is 2.88. The van der Waals surface area contributed by atoms with Gasteiger partial charge in [0.2, 0.25) is 11.9 Å². The Morgan fingerprint density at radius 2 is 2.21 bits per heavy atom. The standard InChI is InChI=1S/C11H13F3N4O/c1-7-6-9(19)15-4-5-18(7)10-16-3-2-8(17-10)11(12,13)14/h2-3,7H,4-6H2,1H3,(H,15,19)/t7-/m0/s1. The summed E-state index contributed by atoms with van der Waals surface area (Å²) in [6.45, 7) is 2.51. The minimum Gasteiger partial charge on any atom is -0.354 e. The molecule has 0 radical (unpaired) electrons. The second-order valence-electron chi connectivity index (χ2n) is 4.34. The van der Waals surface area contributed by atoms with Gasteiger partial charge in [0.1, 0.15) is 5.69 Å². The minimum atomic E-state index is -4.50. The minimum absolute atomic E-state index is 0.00109. The van der Waals surface area contributed by atoms with Gasteiger partial charge in [-0.15, -0.1) is 0 Å². The molecule has 0 spiro atoms. The average molecular weight is 274 g/mol. The van der Waals surface area contributed by atoms with Crippen molar-refractivity contribution < 1.29 is 18.0 Å². The summed E-state index contributed by atoms with van der Waals surface area (Å²) in [5, 5.41) is 2.66. The van der Waals surface area contributed by atoms with E-state index in [9.17, 15) is 18.0 Å². The molecule has 1 aromatic rings. The monoisotopic (exact) mass is 274 g/mol. The Morgan fingerprint density at radius 3 is 2.89 bits per heavy atom. The van der Waals surface area contributed by atoms with Crippen molar-refractivity contribution in [1.29, 1.82) is 0 Å². The molecule has 0 unspecified atom stereocenters. The second-order valence-corrected chi connectivity index (χ2v) is 4.34. The highest BCUT2D eigenvalue weighted by molar-refractivity contribution is 5.77. The number of rotatable bonds is 1. The van der Waals surface area contributed by atoms with E-state index in [0.717, 1.165) is 12.3 Å². The molecule has 1 saturated heterocycles. The van der Waals surface area contributed by atoms with Gasteiger partial charge in [0, 0.05) is 31.7 Å². The summed E-state index contributed by atoms with van der Waals surface area (Å²) in [6.07, 6.45) is -3.21. The summed E-state index contributed by atoms with van der Waals surface area (Å²) < 4.78 is 37.8. The Labute approximate surface area is 107 Å². The Balaban J connectivity index is 2.28. The van der Waals surface area contributed by atoms with Gasteiger partial charge in [-0.3, -0.25) is 4.79 Å². The zero-order valence-electron chi connectivity index (χ0n) is 10.2. The Bertz CT molecular complexity index is 477. The molecular weight excluding hydrogens is 261 g/mol. The average Bonchev–Trinajstić information content (AvgIpc) is 2.49. The van der Waals surface area contributed by atoms with E-state index in [1.165, 1.54) is 0 Å². The Hall–Kier alpha value is -1.86. The van der Waals surface area contributed by atoms with E-state index in [4.69, 9.17) is 0 Å². The van der Waals surface area contributed by atoms with E-state index in [1.54, 1.807) is 11.8 Å². The molecule has 19 heavy (non-hydrogen) atoms. The first-order valence-corrected chi connectivity index (χ1v) is 5.81. The molecule has 1 atom stereocenters. The molecule has 0 aromatic carbocycles. The fourth-order valence-corrected chi connectivity index (χ4v) is 1.93. The van der Waals surface area contributed by atoms with E-state index in [1.807, 2.05) is 0 Å². The van der Waals surface area contributed by atoms with Crippen molar-refractivity contribution in [2.24, 2.45) is 0 Å². The Kier molecular flexibility index (Phi) is 3.59. The van der Waals surface area contributed by atoms with Crippen molar-refractivity contribution in [3.05, 3.63) is 18.0 Å². The van der Waals surface area contributed by atoms with Crippen LogP contribution in [0.15, 0.2) is 12.3 Å². The lowest BCUT2D eigenvalue weighted by Crippen LogP contribution is -2.36. The van der Waals surface area contributed by atoms with Gasteiger partial charge in [0.25, 0.3) is 0 Å². The van der Waals surface area contributed by atoms with Gasteiger partial charge >= 0.3 is 6.18 Å². The summed E-state index contributed by atoms with van der Waals surface area (Å²) in [6, 6.07) is 0.584. The van der Waals surface area contributed by atoms with Gasteiger partial charge in [-0.05, 0) is 13.0 Å². The van der Waals surface area contributed by atoms with Gasteiger partial charge in [-0.2, -0.15) is 13.2 Å². The predicted molar refractivity (Wildman–Crippen MR) is 61.5 cm³/mol. The third-order valence-electron chi connectivity index (χ3n) is 2.88. The van der Waals surface area contributed by atoms with E-state index < -0.39 is 11.9 Å². The normalized spacial score (nSPS) is 20.9. The fourth-order valence-electron chi connectivity index (χ4n) is 1.93. The van der Waals surface area contributed by atoms with Crippen LogP contribution in [0, 0.1) is 0 Å². The van der Waals surface area contributed by atoms with Crippen LogP contribution in [0.25, 0.3) is 0 Å². The molecule has 2 rings (SSSR count). The number of nitrogens with zero attached hydrogens (tertiary/aromatic N) is 3. The maximum Gasteiger partial charge on any atom is 0.433 e. The highest BCUT2D eigenvalue weighted by Gasteiger charge is 2.34. The number of alkyl halides is 3. The van der Waals surface area contributed by atoms with E-state index in [-0.39, 0.29) is 24.3 Å². The Morgan fingerprint density at radius 1 is 1.47 bits per heavy atom. The smallest absolute Gasteiger partial charge is 0.354 e. The number of aromatic nitrogens is 2. The summed E-state index contributed by atoms with van der Waals surface area (Å²) in [7, 11) is 0. The van der Waals surface area contributed by atoms with Crippen LogP contribution in [0.5, 0.6) is 0 Å². The number of amides is 1. The number of hydrogen-bond donors (Lipinski definition) is 1. The molecule has 0 bridgehead atoms. The zero-order chi connectivity index (χ0) is 14.0. The van der Waals surface area contributed by atoms with Gasteiger partial charge in [-0.25, -0.2) is 9.97 Å². The number of carbonyl (C=O) groups excluding carboxylic acids is 1. The molecule has 1 N–H and O–H groups in total. The largest absolute Gasteiger partial charge is 0.433 e. The van der Waals surface area contributed by atoms with Crippen LogP contribution in [0.4, 0.5) is 19.1 Å². The summed E-state index contributed by atoms with van der Waals surface area (Å²) in [4.78, 5) is 20.3. The fraction of sp³-hybridized carbons (Fsp3) is 0.545. The molecule has 5 nitrogen and oxygen atoms in total. The lowest BCUT2D eigenvalue weighted by molar-refractivity contribution is -0.141. The lowest BCUT2D eigenvalue weighted by Gasteiger charge is -2.26. The summed E-state index contributed by atoms with van der Waals surface area (Å²) >= 11 is 0. The maximum absolute atomic E-state index is 12.6. The van der Waals surface area contributed by atoms with Gasteiger partial charge in [-0.1, -0.05) is 0 Å². The molecule has 1 fully saturated rings. The molecule has 8 heteroatoms. The van der Waals surface area contributed by atoms with E-state index in [0.29, 0.717) is 13.1 Å². The first-order chi connectivity index (χ1) is 8.88. The number of hydrogen-bond acceptors (Lipinski definition) is 4. The number of halogens is 3. The number of anilines is 1. The first kappa shape index (κ1) is 13.6. The molecule has 1 aliphatic rings. The molecule has 1 amide bonds. The van der Waals surface area contributed by atoms with Crippen LogP contribution in [-0.2, 0) is 11.0 Å². The first-order valence-electron chi connectivity index (χ1n) is 5.81. The zero-order valence-corrected chi connectivity index (χ0v) is 10.2. The molecular formula is C11H13F3N4O. The van der Waals surface area contributed by atoms with E-state index >= 15 is 0 Å². The molecule has 2 heterocycles. The third kappa shape index (κ3) is 3.12. The van der Waals surface area contributed by atoms with Crippen LogP contribution in [0.1, 0.15) is 19.0 Å². The number of carbonyl (C=O) groups is 1. The van der Waals surface area contributed by atoms with Crippen LogP contribution in [-0.4, -0.2) is 35.0 Å². The van der Waals surface area contributed by atoms with Crippen molar-refractivity contribution in [3.8, 4) is 0 Å². The van der Waals surface area contributed by atoms with Crippen molar-refractivity contribution in [2.75, 3.05) is 18.0 Å². The van der Waals surface area contributed by atoms with Crippen molar-refractivity contribution in [2.45, 2.75) is 25.6 Å². The molecule has 1 aromatic heterocycles. The number of nitrogens with one attached hydrogen (secondary N) is 1. The van der Waals surface area contributed by atoms with Crippen molar-refractivity contribution in [3.63, 3.8) is 0 Å². The van der Waals surface area contributed by atoms with Crippen LogP contribution >= 0.6 is 0 Å². The highest BCUT2D eigenvalue weighted by atomic mass is 19.4. The maximum atomic E-state index is 12.6. The van der Waals surface area contributed by atoms with Crippen LogP contribution in [0.2, 0.25) is 0 Å². The molecule has 0 aliphatic carbocycles. The lowest BCUT2D eigenvalue weighted by atomic mass is 10.2. The van der Waals surface area contributed by atoms with Crippen LogP contribution < -0.4 is 10.2 Å².